The van der Waals surface area contributed by atoms with Crippen molar-refractivity contribution in [3.8, 4) is 6.07 Å². The second kappa shape index (κ2) is 3.57. The highest BCUT2D eigenvalue weighted by Crippen LogP contribution is 2.22. The Kier molecular flexibility index (Phi) is 2.26. The number of hydrogen-bond donors (Lipinski definition) is 1. The molecule has 0 atom stereocenters. The molecule has 14 heavy (non-hydrogen) atoms. The summed E-state index contributed by atoms with van der Waals surface area (Å²) in [5, 5.41) is 10.2. The van der Waals surface area contributed by atoms with E-state index in [2.05, 4.69) is 4.98 Å². The summed E-state index contributed by atoms with van der Waals surface area (Å²) >= 11 is 5.84. The summed E-state index contributed by atoms with van der Waals surface area (Å²) < 4.78 is 0. The lowest BCUT2D eigenvalue weighted by Gasteiger charge is -1.91. The van der Waals surface area contributed by atoms with Crippen LogP contribution in [0.5, 0.6) is 0 Å². The van der Waals surface area contributed by atoms with Crippen LogP contribution in [0.25, 0.3) is 17.0 Å². The van der Waals surface area contributed by atoms with Gasteiger partial charge in [0, 0.05) is 33.8 Å². The summed E-state index contributed by atoms with van der Waals surface area (Å²) in [5.41, 5.74) is 1.98. The number of aromatic amines is 1. The minimum Gasteiger partial charge on any atom is -0.361 e. The summed E-state index contributed by atoms with van der Waals surface area (Å²) in [6.07, 6.45) is 5.08. The Morgan fingerprint density at radius 1 is 1.43 bits per heavy atom. The average molecular weight is 203 g/mol. The fraction of sp³-hybridized carbons (Fsp3) is 0. The van der Waals surface area contributed by atoms with E-state index in [1.807, 2.05) is 30.5 Å². The van der Waals surface area contributed by atoms with E-state index >= 15 is 0 Å². The monoisotopic (exact) mass is 202 g/mol. The summed E-state index contributed by atoms with van der Waals surface area (Å²) in [4.78, 5) is 3.09. The van der Waals surface area contributed by atoms with Crippen LogP contribution in [-0.4, -0.2) is 4.98 Å². The second-order valence-electron chi connectivity index (χ2n) is 2.90. The maximum Gasteiger partial charge on any atom is 0.0912 e. The zero-order valence-electron chi connectivity index (χ0n) is 7.29. The van der Waals surface area contributed by atoms with Gasteiger partial charge in [-0.3, -0.25) is 0 Å². The topological polar surface area (TPSA) is 39.6 Å². The number of fused-ring (bicyclic) bond motifs is 1. The minimum atomic E-state index is 0.704. The minimum absolute atomic E-state index is 0.704. The molecule has 3 heteroatoms. The van der Waals surface area contributed by atoms with Gasteiger partial charge in [0.1, 0.15) is 0 Å². The third-order valence-electron chi connectivity index (χ3n) is 2.01. The van der Waals surface area contributed by atoms with Gasteiger partial charge in [0.05, 0.1) is 6.07 Å². The molecule has 1 heterocycles. The van der Waals surface area contributed by atoms with Crippen LogP contribution in [0.2, 0.25) is 5.02 Å². The number of halogens is 1. The third kappa shape index (κ3) is 1.50. The SMILES string of the molecule is N#C/C=C/c1c[nH]c2cc(Cl)ccc12. The van der Waals surface area contributed by atoms with Crippen LogP contribution in [0.4, 0.5) is 0 Å². The molecule has 0 aliphatic heterocycles. The van der Waals surface area contributed by atoms with Crippen LogP contribution < -0.4 is 0 Å². The van der Waals surface area contributed by atoms with Crippen molar-refractivity contribution in [2.45, 2.75) is 0 Å². The first-order valence-corrected chi connectivity index (χ1v) is 4.52. The number of nitriles is 1. The first-order valence-electron chi connectivity index (χ1n) is 4.14. The van der Waals surface area contributed by atoms with Crippen molar-refractivity contribution in [3.05, 3.63) is 41.1 Å². The molecule has 0 bridgehead atoms. The fourth-order valence-electron chi connectivity index (χ4n) is 1.39. The van der Waals surface area contributed by atoms with Gasteiger partial charge in [-0.15, -0.1) is 0 Å². The van der Waals surface area contributed by atoms with Crippen molar-refractivity contribution in [2.75, 3.05) is 0 Å². The largest absolute Gasteiger partial charge is 0.361 e. The molecule has 1 aromatic heterocycles. The lowest BCUT2D eigenvalue weighted by Crippen LogP contribution is -1.69. The predicted octanol–water partition coefficient (Wildman–Crippen LogP) is 3.36. The van der Waals surface area contributed by atoms with Crippen molar-refractivity contribution in [3.63, 3.8) is 0 Å². The molecule has 1 aromatic carbocycles. The van der Waals surface area contributed by atoms with E-state index in [-0.39, 0.29) is 0 Å². The van der Waals surface area contributed by atoms with E-state index in [1.54, 1.807) is 6.08 Å². The summed E-state index contributed by atoms with van der Waals surface area (Å²) in [5.74, 6) is 0. The number of benzene rings is 1. The maximum atomic E-state index is 8.41. The normalized spacial score (nSPS) is 10.9. The van der Waals surface area contributed by atoms with Crippen molar-refractivity contribution < 1.29 is 0 Å². The van der Waals surface area contributed by atoms with Crippen LogP contribution in [-0.2, 0) is 0 Å². The number of rotatable bonds is 1. The van der Waals surface area contributed by atoms with Crippen molar-refractivity contribution in [1.82, 2.24) is 4.98 Å². The molecular formula is C11H7ClN2. The molecule has 0 aliphatic rings. The van der Waals surface area contributed by atoms with Gasteiger partial charge in [-0.2, -0.15) is 5.26 Å². The van der Waals surface area contributed by atoms with Gasteiger partial charge >= 0.3 is 0 Å². The third-order valence-corrected chi connectivity index (χ3v) is 2.25. The van der Waals surface area contributed by atoms with Crippen molar-refractivity contribution >= 4 is 28.6 Å². The van der Waals surface area contributed by atoms with Crippen molar-refractivity contribution in [1.29, 1.82) is 5.26 Å². The molecule has 1 N–H and O–H groups in total. The molecule has 0 amide bonds. The van der Waals surface area contributed by atoms with E-state index in [1.165, 1.54) is 6.08 Å². The Hall–Kier alpha value is -1.72. The highest BCUT2D eigenvalue weighted by molar-refractivity contribution is 6.31. The molecule has 2 aromatic rings. The molecule has 0 spiro atoms. The van der Waals surface area contributed by atoms with E-state index < -0.39 is 0 Å². The van der Waals surface area contributed by atoms with Crippen molar-refractivity contribution in [2.24, 2.45) is 0 Å². The maximum absolute atomic E-state index is 8.41. The zero-order valence-corrected chi connectivity index (χ0v) is 8.05. The van der Waals surface area contributed by atoms with Crippen LogP contribution in [0, 0.1) is 11.3 Å². The molecule has 0 aliphatic carbocycles. The fourth-order valence-corrected chi connectivity index (χ4v) is 1.56. The predicted molar refractivity (Wildman–Crippen MR) is 58.0 cm³/mol. The number of H-pyrrole nitrogens is 1. The van der Waals surface area contributed by atoms with E-state index in [0.29, 0.717) is 5.02 Å². The first-order chi connectivity index (χ1) is 6.81. The van der Waals surface area contributed by atoms with Crippen LogP contribution in [0.3, 0.4) is 0 Å². The summed E-state index contributed by atoms with van der Waals surface area (Å²) in [7, 11) is 0. The molecule has 0 fully saturated rings. The molecule has 2 nitrogen and oxygen atoms in total. The molecule has 0 unspecified atom stereocenters. The van der Waals surface area contributed by atoms with Gasteiger partial charge < -0.3 is 4.98 Å². The molecule has 2 rings (SSSR count). The van der Waals surface area contributed by atoms with E-state index in [4.69, 9.17) is 16.9 Å². The average Bonchev–Trinajstić information content (AvgIpc) is 2.57. The molecule has 0 saturated carbocycles. The molecule has 0 radical (unpaired) electrons. The number of nitrogens with zero attached hydrogens (tertiary/aromatic N) is 1. The first kappa shape index (κ1) is 8.86. The Labute approximate surface area is 86.4 Å². The lowest BCUT2D eigenvalue weighted by molar-refractivity contribution is 1.47. The lowest BCUT2D eigenvalue weighted by atomic mass is 10.1. The summed E-state index contributed by atoms with van der Waals surface area (Å²) in [6.45, 7) is 0. The number of nitrogens with one attached hydrogen (secondary N) is 1. The van der Waals surface area contributed by atoms with Gasteiger partial charge in [0.15, 0.2) is 0 Å². The Bertz CT molecular complexity index is 532. The van der Waals surface area contributed by atoms with Gasteiger partial charge in [-0.1, -0.05) is 17.7 Å². The number of aromatic nitrogens is 1. The smallest absolute Gasteiger partial charge is 0.0912 e. The van der Waals surface area contributed by atoms with Crippen LogP contribution >= 0.6 is 11.6 Å². The number of hydrogen-bond acceptors (Lipinski definition) is 1. The molecule has 68 valence electrons. The van der Waals surface area contributed by atoms with Gasteiger partial charge in [-0.05, 0) is 18.2 Å². The molecular weight excluding hydrogens is 196 g/mol. The highest BCUT2D eigenvalue weighted by Gasteiger charge is 2.00. The summed E-state index contributed by atoms with van der Waals surface area (Å²) in [6, 6.07) is 7.59. The second-order valence-corrected chi connectivity index (χ2v) is 3.33. The van der Waals surface area contributed by atoms with Crippen LogP contribution in [0.15, 0.2) is 30.5 Å². The van der Waals surface area contributed by atoms with Gasteiger partial charge in [0.2, 0.25) is 0 Å². The highest BCUT2D eigenvalue weighted by atomic mass is 35.5. The molecule has 0 saturated heterocycles. The van der Waals surface area contributed by atoms with Gasteiger partial charge in [0.25, 0.3) is 0 Å². The Morgan fingerprint density at radius 2 is 2.29 bits per heavy atom. The van der Waals surface area contributed by atoms with Gasteiger partial charge in [-0.25, -0.2) is 0 Å². The quantitative estimate of drug-likeness (QED) is 0.708. The Morgan fingerprint density at radius 3 is 3.07 bits per heavy atom. The van der Waals surface area contributed by atoms with E-state index in [9.17, 15) is 0 Å². The van der Waals surface area contributed by atoms with E-state index in [0.717, 1.165) is 16.5 Å². The van der Waals surface area contributed by atoms with Crippen LogP contribution in [0.1, 0.15) is 5.56 Å². The number of allylic oxidation sites excluding steroid dienone is 1. The Balaban J connectivity index is 2.59. The standard InChI is InChI=1S/C11H7ClN2/c12-9-3-4-10-8(2-1-5-13)7-14-11(10)6-9/h1-4,6-7,14H/b2-1+. The zero-order chi connectivity index (χ0) is 9.97.